The minimum Gasteiger partial charge on any atom is -0.366 e. The van der Waals surface area contributed by atoms with Gasteiger partial charge in [-0.15, -0.1) is 11.3 Å². The van der Waals surface area contributed by atoms with Crippen LogP contribution in [0.1, 0.15) is 21.6 Å². The molecular weight excluding hydrogens is 334 g/mol. The predicted molar refractivity (Wildman–Crippen MR) is 99.6 cm³/mol. The highest BCUT2D eigenvalue weighted by molar-refractivity contribution is 7.13. The summed E-state index contributed by atoms with van der Waals surface area (Å²) in [6.07, 6.45) is 0.134. The fourth-order valence-corrected chi connectivity index (χ4v) is 3.21. The van der Waals surface area contributed by atoms with Gasteiger partial charge < -0.3 is 11.1 Å². The van der Waals surface area contributed by atoms with E-state index in [1.165, 1.54) is 16.9 Å². The van der Waals surface area contributed by atoms with Crippen molar-refractivity contribution in [2.45, 2.75) is 13.3 Å². The molecule has 1 heterocycles. The first kappa shape index (κ1) is 16.9. The summed E-state index contributed by atoms with van der Waals surface area (Å²) in [7, 11) is 0. The number of rotatable bonds is 5. The molecule has 0 saturated heterocycles. The van der Waals surface area contributed by atoms with Crippen molar-refractivity contribution >= 4 is 28.8 Å². The number of carbonyl (C=O) groups excluding carboxylic acids is 2. The first-order valence-electron chi connectivity index (χ1n) is 7.73. The summed E-state index contributed by atoms with van der Waals surface area (Å²) in [4.78, 5) is 28.2. The van der Waals surface area contributed by atoms with Gasteiger partial charge >= 0.3 is 0 Å². The molecular formula is C19H17N3O2S. The number of para-hydroxylation sites is 1. The number of amides is 2. The Morgan fingerprint density at radius 1 is 1.12 bits per heavy atom. The third-order valence-electron chi connectivity index (χ3n) is 3.66. The highest BCUT2D eigenvalue weighted by Gasteiger charge is 2.13. The van der Waals surface area contributed by atoms with Gasteiger partial charge in [0.25, 0.3) is 5.91 Å². The third-order valence-corrected chi connectivity index (χ3v) is 4.60. The Labute approximate surface area is 149 Å². The van der Waals surface area contributed by atoms with Crippen molar-refractivity contribution in [3.8, 4) is 10.6 Å². The van der Waals surface area contributed by atoms with E-state index in [0.29, 0.717) is 11.4 Å². The Morgan fingerprint density at radius 2 is 1.84 bits per heavy atom. The van der Waals surface area contributed by atoms with E-state index in [1.54, 1.807) is 24.3 Å². The molecule has 6 heteroatoms. The highest BCUT2D eigenvalue weighted by Crippen LogP contribution is 2.24. The molecule has 0 aliphatic carbocycles. The van der Waals surface area contributed by atoms with E-state index < -0.39 is 5.91 Å². The van der Waals surface area contributed by atoms with Gasteiger partial charge in [-0.2, -0.15) is 0 Å². The molecule has 0 atom stereocenters. The maximum atomic E-state index is 12.2. The molecule has 2 aromatic carbocycles. The number of primary amides is 1. The van der Waals surface area contributed by atoms with Crippen molar-refractivity contribution in [3.05, 3.63) is 70.7 Å². The van der Waals surface area contributed by atoms with E-state index in [9.17, 15) is 9.59 Å². The van der Waals surface area contributed by atoms with Gasteiger partial charge in [0.05, 0.1) is 23.4 Å². The second-order valence-electron chi connectivity index (χ2n) is 5.64. The quantitative estimate of drug-likeness (QED) is 0.739. The van der Waals surface area contributed by atoms with Crippen LogP contribution in [0.25, 0.3) is 10.6 Å². The number of nitrogens with one attached hydrogen (secondary N) is 1. The summed E-state index contributed by atoms with van der Waals surface area (Å²) < 4.78 is 0. The van der Waals surface area contributed by atoms with E-state index in [2.05, 4.69) is 10.3 Å². The Kier molecular flexibility index (Phi) is 4.90. The van der Waals surface area contributed by atoms with Crippen LogP contribution in [0.3, 0.4) is 0 Å². The van der Waals surface area contributed by atoms with Gasteiger partial charge in [-0.3, -0.25) is 9.59 Å². The van der Waals surface area contributed by atoms with Crippen molar-refractivity contribution in [1.29, 1.82) is 0 Å². The van der Waals surface area contributed by atoms with Gasteiger partial charge in [0.15, 0.2) is 0 Å². The van der Waals surface area contributed by atoms with Crippen LogP contribution in [-0.2, 0) is 11.2 Å². The number of nitrogens with two attached hydrogens (primary N) is 1. The van der Waals surface area contributed by atoms with Crippen LogP contribution in [0, 0.1) is 6.92 Å². The lowest BCUT2D eigenvalue weighted by Gasteiger charge is -2.07. The predicted octanol–water partition coefficient (Wildman–Crippen LogP) is 3.40. The minimum atomic E-state index is -0.578. The van der Waals surface area contributed by atoms with Crippen LogP contribution >= 0.6 is 11.3 Å². The molecule has 3 rings (SSSR count). The summed E-state index contributed by atoms with van der Waals surface area (Å²) in [5.41, 5.74) is 8.92. The van der Waals surface area contributed by atoms with E-state index in [-0.39, 0.29) is 17.9 Å². The maximum Gasteiger partial charge on any atom is 0.250 e. The monoisotopic (exact) mass is 351 g/mol. The van der Waals surface area contributed by atoms with Crippen molar-refractivity contribution in [3.63, 3.8) is 0 Å². The fourth-order valence-electron chi connectivity index (χ4n) is 2.38. The Morgan fingerprint density at radius 3 is 2.56 bits per heavy atom. The highest BCUT2D eigenvalue weighted by atomic mass is 32.1. The Balaban J connectivity index is 1.70. The molecule has 5 nitrogen and oxygen atoms in total. The van der Waals surface area contributed by atoms with E-state index in [4.69, 9.17) is 5.73 Å². The summed E-state index contributed by atoms with van der Waals surface area (Å²) >= 11 is 1.50. The summed E-state index contributed by atoms with van der Waals surface area (Å²) in [6, 6.07) is 14.8. The molecule has 0 bridgehead atoms. The smallest absolute Gasteiger partial charge is 0.250 e. The molecule has 25 heavy (non-hydrogen) atoms. The first-order chi connectivity index (χ1) is 12.0. The topological polar surface area (TPSA) is 85.1 Å². The van der Waals surface area contributed by atoms with E-state index >= 15 is 0 Å². The summed E-state index contributed by atoms with van der Waals surface area (Å²) in [5, 5.41) is 5.47. The van der Waals surface area contributed by atoms with Gasteiger partial charge in [0.2, 0.25) is 5.91 Å². The number of aryl methyl sites for hydroxylation is 1. The van der Waals surface area contributed by atoms with Crippen LogP contribution in [0.15, 0.2) is 53.9 Å². The average molecular weight is 351 g/mol. The molecule has 0 unspecified atom stereocenters. The Bertz CT molecular complexity index is 916. The molecule has 3 N–H and O–H groups in total. The van der Waals surface area contributed by atoms with E-state index in [0.717, 1.165) is 10.6 Å². The van der Waals surface area contributed by atoms with Gasteiger partial charge in [0.1, 0.15) is 5.01 Å². The zero-order valence-corrected chi connectivity index (χ0v) is 14.5. The molecule has 0 aliphatic rings. The van der Waals surface area contributed by atoms with Crippen LogP contribution in [0.4, 0.5) is 5.69 Å². The first-order valence-corrected chi connectivity index (χ1v) is 8.61. The van der Waals surface area contributed by atoms with Gasteiger partial charge in [-0.05, 0) is 19.1 Å². The van der Waals surface area contributed by atoms with Crippen LogP contribution < -0.4 is 11.1 Å². The van der Waals surface area contributed by atoms with Crippen LogP contribution in [-0.4, -0.2) is 16.8 Å². The van der Waals surface area contributed by atoms with E-state index in [1.807, 2.05) is 36.6 Å². The van der Waals surface area contributed by atoms with Crippen molar-refractivity contribution in [2.24, 2.45) is 5.73 Å². The lowest BCUT2D eigenvalue weighted by molar-refractivity contribution is -0.115. The SMILES string of the molecule is Cc1ccc(-c2nc(CC(=O)Nc3ccccc3C(N)=O)cs2)cc1. The summed E-state index contributed by atoms with van der Waals surface area (Å²) in [6.45, 7) is 2.03. The molecule has 0 spiro atoms. The second-order valence-corrected chi connectivity index (χ2v) is 6.50. The largest absolute Gasteiger partial charge is 0.366 e. The van der Waals surface area contributed by atoms with Gasteiger partial charge in [-0.1, -0.05) is 42.0 Å². The number of hydrogen-bond acceptors (Lipinski definition) is 4. The van der Waals surface area contributed by atoms with Crippen molar-refractivity contribution < 1.29 is 9.59 Å². The lowest BCUT2D eigenvalue weighted by Crippen LogP contribution is -2.19. The molecule has 126 valence electrons. The molecule has 0 fully saturated rings. The number of nitrogens with zero attached hydrogens (tertiary/aromatic N) is 1. The maximum absolute atomic E-state index is 12.2. The number of thiazole rings is 1. The zero-order valence-electron chi connectivity index (χ0n) is 13.7. The number of benzene rings is 2. The molecule has 2 amide bonds. The van der Waals surface area contributed by atoms with Crippen molar-refractivity contribution in [1.82, 2.24) is 4.98 Å². The molecule has 3 aromatic rings. The summed E-state index contributed by atoms with van der Waals surface area (Å²) in [5.74, 6) is -0.819. The number of carbonyl (C=O) groups is 2. The number of hydrogen-bond donors (Lipinski definition) is 2. The average Bonchev–Trinajstić information content (AvgIpc) is 3.04. The number of aromatic nitrogens is 1. The van der Waals surface area contributed by atoms with Crippen LogP contribution in [0.5, 0.6) is 0 Å². The molecule has 0 radical (unpaired) electrons. The second kappa shape index (κ2) is 7.27. The Hall–Kier alpha value is -2.99. The number of anilines is 1. The van der Waals surface area contributed by atoms with Gasteiger partial charge in [-0.25, -0.2) is 4.98 Å². The van der Waals surface area contributed by atoms with Crippen LogP contribution in [0.2, 0.25) is 0 Å². The molecule has 1 aromatic heterocycles. The van der Waals surface area contributed by atoms with Gasteiger partial charge in [0, 0.05) is 10.9 Å². The fraction of sp³-hybridized carbons (Fsp3) is 0.105. The van der Waals surface area contributed by atoms with Crippen molar-refractivity contribution in [2.75, 3.05) is 5.32 Å². The normalized spacial score (nSPS) is 10.4. The lowest BCUT2D eigenvalue weighted by atomic mass is 10.1. The third kappa shape index (κ3) is 4.10. The minimum absolute atomic E-state index is 0.134. The molecule has 0 aliphatic heterocycles. The zero-order chi connectivity index (χ0) is 17.8. The molecule has 0 saturated carbocycles. The standard InChI is InChI=1S/C19H17N3O2S/c1-12-6-8-13(9-7-12)19-21-14(11-25-19)10-17(23)22-16-5-3-2-4-15(16)18(20)24/h2-9,11H,10H2,1H3,(H2,20,24)(H,22,23).